The molecule has 1 rings (SSSR count). The monoisotopic (exact) mass is 341 g/mol. The number of amides is 1. The maximum absolute atomic E-state index is 11.8. The minimum Gasteiger partial charge on any atom is -0.480 e. The number of aryl methyl sites for hydroxylation is 1. The van der Waals surface area contributed by atoms with Crippen molar-refractivity contribution in [3.05, 3.63) is 34.3 Å². The van der Waals surface area contributed by atoms with Crippen molar-refractivity contribution in [2.45, 2.75) is 45.1 Å². The first kappa shape index (κ1) is 16.7. The fraction of sp³-hybridized carbons (Fsp3) is 0.467. The van der Waals surface area contributed by atoms with Crippen LogP contribution in [0.5, 0.6) is 0 Å². The Kier molecular flexibility index (Phi) is 7.30. The van der Waals surface area contributed by atoms with Gasteiger partial charge >= 0.3 is 5.97 Å². The van der Waals surface area contributed by atoms with Gasteiger partial charge in [-0.05, 0) is 30.5 Å². The molecule has 0 aliphatic heterocycles. The molecule has 0 radical (unpaired) electrons. The number of unbranched alkanes of at least 4 members (excludes halogenated alkanes) is 1. The van der Waals surface area contributed by atoms with Crippen LogP contribution in [0, 0.1) is 0 Å². The van der Waals surface area contributed by atoms with E-state index in [4.69, 9.17) is 5.11 Å². The largest absolute Gasteiger partial charge is 0.480 e. The third-order valence-corrected chi connectivity index (χ3v) is 3.50. The van der Waals surface area contributed by atoms with E-state index in [1.165, 1.54) is 0 Å². The first-order valence-electron chi connectivity index (χ1n) is 6.79. The van der Waals surface area contributed by atoms with Gasteiger partial charge in [-0.2, -0.15) is 0 Å². The number of aliphatic carboxylic acids is 1. The molecule has 0 bridgehead atoms. The van der Waals surface area contributed by atoms with Crippen LogP contribution in [-0.2, 0) is 16.0 Å². The minimum absolute atomic E-state index is 0.214. The normalized spacial score (nSPS) is 11.9. The molecule has 0 saturated heterocycles. The van der Waals surface area contributed by atoms with Crippen molar-refractivity contribution < 1.29 is 14.7 Å². The van der Waals surface area contributed by atoms with Gasteiger partial charge in [-0.15, -0.1) is 0 Å². The SMILES string of the molecule is CCCC[C@H](NC(=O)CCc1cccc(Br)c1)C(=O)O. The fourth-order valence-electron chi connectivity index (χ4n) is 1.88. The first-order valence-corrected chi connectivity index (χ1v) is 7.59. The highest BCUT2D eigenvalue weighted by atomic mass is 79.9. The van der Waals surface area contributed by atoms with E-state index in [1.807, 2.05) is 31.2 Å². The van der Waals surface area contributed by atoms with Crippen molar-refractivity contribution in [2.24, 2.45) is 0 Å². The summed E-state index contributed by atoms with van der Waals surface area (Å²) in [7, 11) is 0. The standard InChI is InChI=1S/C15H20BrNO3/c1-2-3-7-13(15(19)20)17-14(18)9-8-11-5-4-6-12(16)10-11/h4-6,10,13H,2-3,7-9H2,1H3,(H,17,18)(H,19,20)/t13-/m0/s1. The summed E-state index contributed by atoms with van der Waals surface area (Å²) in [6, 6.07) is 6.97. The van der Waals surface area contributed by atoms with Gasteiger partial charge in [-0.25, -0.2) is 4.79 Å². The summed E-state index contributed by atoms with van der Waals surface area (Å²) in [6.45, 7) is 1.99. The Bertz CT molecular complexity index is 462. The first-order chi connectivity index (χ1) is 9.52. The summed E-state index contributed by atoms with van der Waals surface area (Å²) >= 11 is 3.38. The maximum atomic E-state index is 11.8. The van der Waals surface area contributed by atoms with Crippen molar-refractivity contribution in [2.75, 3.05) is 0 Å². The van der Waals surface area contributed by atoms with Crippen LogP contribution in [0.3, 0.4) is 0 Å². The van der Waals surface area contributed by atoms with Gasteiger partial charge in [-0.3, -0.25) is 4.79 Å². The van der Waals surface area contributed by atoms with E-state index in [0.29, 0.717) is 19.3 Å². The third kappa shape index (κ3) is 6.19. The van der Waals surface area contributed by atoms with Crippen LogP contribution in [-0.4, -0.2) is 23.0 Å². The minimum atomic E-state index is -0.964. The number of carbonyl (C=O) groups excluding carboxylic acids is 1. The fourth-order valence-corrected chi connectivity index (χ4v) is 2.33. The average Bonchev–Trinajstić information content (AvgIpc) is 2.41. The van der Waals surface area contributed by atoms with Crippen LogP contribution < -0.4 is 5.32 Å². The molecule has 1 aromatic carbocycles. The van der Waals surface area contributed by atoms with Crippen LogP contribution in [0.2, 0.25) is 0 Å². The second-order valence-corrected chi connectivity index (χ2v) is 5.65. The number of carbonyl (C=O) groups is 2. The zero-order valence-corrected chi connectivity index (χ0v) is 13.1. The molecular formula is C15H20BrNO3. The molecule has 1 aromatic rings. The van der Waals surface area contributed by atoms with Gasteiger partial charge in [0.15, 0.2) is 0 Å². The smallest absolute Gasteiger partial charge is 0.326 e. The molecule has 0 aromatic heterocycles. The lowest BCUT2D eigenvalue weighted by Crippen LogP contribution is -2.40. The molecular weight excluding hydrogens is 322 g/mol. The topological polar surface area (TPSA) is 66.4 Å². The summed E-state index contributed by atoms with van der Waals surface area (Å²) in [6.07, 6.45) is 3.09. The molecule has 4 nitrogen and oxygen atoms in total. The van der Waals surface area contributed by atoms with Crippen molar-refractivity contribution in [1.82, 2.24) is 5.32 Å². The Morgan fingerprint density at radius 2 is 2.15 bits per heavy atom. The summed E-state index contributed by atoms with van der Waals surface area (Å²) in [5, 5.41) is 11.6. The van der Waals surface area contributed by atoms with Gasteiger partial charge in [0.2, 0.25) is 5.91 Å². The number of carboxylic acid groups (broad SMARTS) is 1. The van der Waals surface area contributed by atoms with Gasteiger partial charge in [0.25, 0.3) is 0 Å². The molecule has 0 fully saturated rings. The molecule has 0 saturated carbocycles. The van der Waals surface area contributed by atoms with Gasteiger partial charge < -0.3 is 10.4 Å². The van der Waals surface area contributed by atoms with E-state index in [-0.39, 0.29) is 5.91 Å². The Morgan fingerprint density at radius 3 is 2.75 bits per heavy atom. The van der Waals surface area contributed by atoms with Crippen molar-refractivity contribution in [3.8, 4) is 0 Å². The van der Waals surface area contributed by atoms with Crippen LogP contribution in [0.15, 0.2) is 28.7 Å². The molecule has 0 unspecified atom stereocenters. The molecule has 0 aliphatic rings. The van der Waals surface area contributed by atoms with Gasteiger partial charge in [0.1, 0.15) is 6.04 Å². The van der Waals surface area contributed by atoms with E-state index >= 15 is 0 Å². The Hall–Kier alpha value is -1.36. The molecule has 20 heavy (non-hydrogen) atoms. The van der Waals surface area contributed by atoms with Crippen LogP contribution in [0.25, 0.3) is 0 Å². The lowest BCUT2D eigenvalue weighted by molar-refractivity contribution is -0.142. The second kappa shape index (κ2) is 8.74. The summed E-state index contributed by atoms with van der Waals surface area (Å²) < 4.78 is 0.974. The predicted molar refractivity (Wildman–Crippen MR) is 81.6 cm³/mol. The molecule has 110 valence electrons. The van der Waals surface area contributed by atoms with E-state index in [1.54, 1.807) is 0 Å². The number of carboxylic acids is 1. The Balaban J connectivity index is 2.43. The number of benzene rings is 1. The number of halogens is 1. The summed E-state index contributed by atoms with van der Waals surface area (Å²) in [5.41, 5.74) is 1.05. The number of rotatable bonds is 8. The Morgan fingerprint density at radius 1 is 1.40 bits per heavy atom. The highest BCUT2D eigenvalue weighted by Crippen LogP contribution is 2.13. The summed E-state index contributed by atoms with van der Waals surface area (Å²) in [5.74, 6) is -1.18. The van der Waals surface area contributed by atoms with Gasteiger partial charge in [0.05, 0.1) is 0 Å². The van der Waals surface area contributed by atoms with Crippen molar-refractivity contribution in [3.63, 3.8) is 0 Å². The lowest BCUT2D eigenvalue weighted by atomic mass is 10.1. The predicted octanol–water partition coefficient (Wildman–Crippen LogP) is 3.14. The Labute approximate surface area is 127 Å². The van der Waals surface area contributed by atoms with Crippen molar-refractivity contribution >= 4 is 27.8 Å². The molecule has 1 atom stereocenters. The van der Waals surface area contributed by atoms with Gasteiger partial charge in [-0.1, -0.05) is 47.8 Å². The number of hydrogen-bond acceptors (Lipinski definition) is 2. The summed E-state index contributed by atoms with van der Waals surface area (Å²) in [4.78, 5) is 22.8. The molecule has 2 N–H and O–H groups in total. The van der Waals surface area contributed by atoms with E-state index < -0.39 is 12.0 Å². The van der Waals surface area contributed by atoms with Crippen molar-refractivity contribution in [1.29, 1.82) is 0 Å². The lowest BCUT2D eigenvalue weighted by Gasteiger charge is -2.14. The third-order valence-electron chi connectivity index (χ3n) is 3.01. The number of hydrogen-bond donors (Lipinski definition) is 2. The maximum Gasteiger partial charge on any atom is 0.326 e. The quantitative estimate of drug-likeness (QED) is 0.763. The van der Waals surface area contributed by atoms with Crippen LogP contribution in [0.1, 0.15) is 38.2 Å². The molecule has 0 spiro atoms. The highest BCUT2D eigenvalue weighted by Gasteiger charge is 2.18. The zero-order valence-electron chi connectivity index (χ0n) is 11.6. The average molecular weight is 342 g/mol. The molecule has 1 amide bonds. The second-order valence-electron chi connectivity index (χ2n) is 4.73. The zero-order chi connectivity index (χ0) is 15.0. The van der Waals surface area contributed by atoms with Crippen LogP contribution in [0.4, 0.5) is 0 Å². The number of nitrogens with one attached hydrogen (secondary N) is 1. The van der Waals surface area contributed by atoms with E-state index in [9.17, 15) is 9.59 Å². The van der Waals surface area contributed by atoms with E-state index in [0.717, 1.165) is 22.9 Å². The molecule has 5 heteroatoms. The molecule has 0 aliphatic carbocycles. The van der Waals surface area contributed by atoms with Crippen LogP contribution >= 0.6 is 15.9 Å². The van der Waals surface area contributed by atoms with E-state index in [2.05, 4.69) is 21.2 Å². The molecule has 0 heterocycles. The highest BCUT2D eigenvalue weighted by molar-refractivity contribution is 9.10. The van der Waals surface area contributed by atoms with Gasteiger partial charge in [0, 0.05) is 10.9 Å².